The summed E-state index contributed by atoms with van der Waals surface area (Å²) in [5, 5.41) is 11.2. The summed E-state index contributed by atoms with van der Waals surface area (Å²) < 4.78 is 6.48. The minimum Gasteiger partial charge on any atom is -0.460 e. The van der Waals surface area contributed by atoms with Gasteiger partial charge in [-0.3, -0.25) is 0 Å². The molecule has 0 aliphatic rings. The third kappa shape index (κ3) is 4.09. The van der Waals surface area contributed by atoms with E-state index in [1.54, 1.807) is 11.6 Å². The fourth-order valence-corrected chi connectivity index (χ4v) is 1.83. The van der Waals surface area contributed by atoms with Crippen molar-refractivity contribution in [3.8, 4) is 0 Å². The lowest BCUT2D eigenvalue weighted by molar-refractivity contribution is 0.0502. The van der Waals surface area contributed by atoms with Crippen LogP contribution >= 0.6 is 0 Å². The van der Waals surface area contributed by atoms with Gasteiger partial charge in [0.1, 0.15) is 0 Å². The first kappa shape index (κ1) is 14.6. The first-order valence-electron chi connectivity index (χ1n) is 6.66. The molecular formula is C12H22N4O2. The largest absolute Gasteiger partial charge is 0.460 e. The third-order valence-corrected chi connectivity index (χ3v) is 2.96. The quantitative estimate of drug-likeness (QED) is 0.664. The average molecular weight is 254 g/mol. The molecule has 0 aliphatic carbocycles. The number of esters is 1. The number of ether oxygens (including phenoxy) is 1. The van der Waals surface area contributed by atoms with Crippen molar-refractivity contribution in [2.75, 3.05) is 6.61 Å². The van der Waals surface area contributed by atoms with Gasteiger partial charge < -0.3 is 4.74 Å². The van der Waals surface area contributed by atoms with Gasteiger partial charge in [-0.2, -0.15) is 0 Å². The van der Waals surface area contributed by atoms with E-state index in [4.69, 9.17) is 4.74 Å². The number of carbonyl (C=O) groups excluding carboxylic acids is 1. The highest BCUT2D eigenvalue weighted by Gasteiger charge is 2.18. The molecule has 0 saturated carbocycles. The molecule has 0 spiro atoms. The Labute approximate surface area is 108 Å². The topological polar surface area (TPSA) is 69.9 Å². The number of rotatable bonds is 8. The van der Waals surface area contributed by atoms with Crippen LogP contribution in [-0.2, 0) is 11.3 Å². The monoisotopic (exact) mass is 254 g/mol. The minimum atomic E-state index is -0.451. The molecule has 0 fully saturated rings. The summed E-state index contributed by atoms with van der Waals surface area (Å²) in [5.74, 6) is 0.251. The fraction of sp³-hybridized carbons (Fsp3) is 0.833. The highest BCUT2D eigenvalue weighted by molar-refractivity contribution is 5.85. The smallest absolute Gasteiger partial charge is 0.378 e. The highest BCUT2D eigenvalue weighted by atomic mass is 16.5. The highest BCUT2D eigenvalue weighted by Crippen LogP contribution is 2.15. The van der Waals surface area contributed by atoms with Crippen LogP contribution in [0.1, 0.15) is 57.1 Å². The zero-order chi connectivity index (χ0) is 13.4. The van der Waals surface area contributed by atoms with E-state index in [-0.39, 0.29) is 5.82 Å². The second-order valence-corrected chi connectivity index (χ2v) is 4.32. The Bertz CT molecular complexity index is 365. The molecule has 1 heterocycles. The van der Waals surface area contributed by atoms with E-state index in [1.165, 1.54) is 12.8 Å². The Kier molecular flexibility index (Phi) is 6.32. The average Bonchev–Trinajstić information content (AvgIpc) is 2.82. The number of aromatic nitrogens is 4. The Balaban J connectivity index is 2.65. The Morgan fingerprint density at radius 1 is 1.39 bits per heavy atom. The maximum atomic E-state index is 11.6. The van der Waals surface area contributed by atoms with Crippen LogP contribution in [0.2, 0.25) is 0 Å². The molecule has 0 aromatic carbocycles. The van der Waals surface area contributed by atoms with Crippen LogP contribution in [0, 0.1) is 5.92 Å². The molecular weight excluding hydrogens is 232 g/mol. The van der Waals surface area contributed by atoms with Crippen LogP contribution in [0.3, 0.4) is 0 Å². The molecule has 0 bridgehead atoms. The molecule has 1 rings (SSSR count). The van der Waals surface area contributed by atoms with Crippen molar-refractivity contribution in [3.05, 3.63) is 5.82 Å². The van der Waals surface area contributed by atoms with Crippen LogP contribution in [0.25, 0.3) is 0 Å². The second-order valence-electron chi connectivity index (χ2n) is 4.32. The minimum absolute atomic E-state index is 0.201. The zero-order valence-corrected chi connectivity index (χ0v) is 11.4. The van der Waals surface area contributed by atoms with E-state index in [0.717, 1.165) is 12.8 Å². The predicted molar refractivity (Wildman–Crippen MR) is 67.1 cm³/mol. The normalized spacial score (nSPS) is 12.4. The molecule has 0 aliphatic heterocycles. The summed E-state index contributed by atoms with van der Waals surface area (Å²) in [6, 6.07) is 0. The van der Waals surface area contributed by atoms with Gasteiger partial charge in [0.2, 0.25) is 0 Å². The van der Waals surface area contributed by atoms with Gasteiger partial charge in [0.15, 0.2) is 0 Å². The van der Waals surface area contributed by atoms with Crippen LogP contribution < -0.4 is 0 Å². The van der Waals surface area contributed by atoms with E-state index in [0.29, 0.717) is 19.1 Å². The number of carbonyl (C=O) groups is 1. The van der Waals surface area contributed by atoms with Gasteiger partial charge in [0.25, 0.3) is 5.82 Å². The van der Waals surface area contributed by atoms with Crippen molar-refractivity contribution in [1.82, 2.24) is 20.2 Å². The molecule has 18 heavy (non-hydrogen) atoms. The van der Waals surface area contributed by atoms with Gasteiger partial charge in [-0.05, 0) is 29.7 Å². The first-order chi connectivity index (χ1) is 8.72. The number of unbranched alkanes of at least 4 members (excludes halogenated alkanes) is 1. The summed E-state index contributed by atoms with van der Waals surface area (Å²) >= 11 is 0. The van der Waals surface area contributed by atoms with Gasteiger partial charge in [-0.25, -0.2) is 9.48 Å². The van der Waals surface area contributed by atoms with Gasteiger partial charge in [0, 0.05) is 6.54 Å². The summed E-state index contributed by atoms with van der Waals surface area (Å²) in [6.45, 7) is 7.10. The van der Waals surface area contributed by atoms with E-state index < -0.39 is 5.97 Å². The van der Waals surface area contributed by atoms with E-state index in [2.05, 4.69) is 29.4 Å². The van der Waals surface area contributed by atoms with Crippen molar-refractivity contribution in [2.45, 2.75) is 53.0 Å². The number of nitrogens with zero attached hydrogens (tertiary/aromatic N) is 4. The lowest BCUT2D eigenvalue weighted by Gasteiger charge is -2.14. The van der Waals surface area contributed by atoms with Crippen molar-refractivity contribution >= 4 is 5.97 Å². The number of hydrogen-bond acceptors (Lipinski definition) is 5. The molecule has 0 amide bonds. The van der Waals surface area contributed by atoms with Crippen LogP contribution in [0.4, 0.5) is 0 Å². The summed E-state index contributed by atoms with van der Waals surface area (Å²) in [7, 11) is 0. The van der Waals surface area contributed by atoms with E-state index >= 15 is 0 Å². The molecule has 1 atom stereocenters. The van der Waals surface area contributed by atoms with Gasteiger partial charge in [-0.1, -0.05) is 33.1 Å². The van der Waals surface area contributed by atoms with Crippen LogP contribution in [-0.4, -0.2) is 32.8 Å². The standard InChI is InChI=1S/C12H22N4O2/c1-4-7-8-10(5-2)9-16-11(13-14-15-16)12(17)18-6-3/h10H,4-9H2,1-3H3. The maximum Gasteiger partial charge on any atom is 0.378 e. The first-order valence-corrected chi connectivity index (χ1v) is 6.66. The van der Waals surface area contributed by atoms with Gasteiger partial charge >= 0.3 is 5.97 Å². The fourth-order valence-electron chi connectivity index (χ4n) is 1.83. The SMILES string of the molecule is CCCCC(CC)Cn1nnnc1C(=O)OCC. The molecule has 6 nitrogen and oxygen atoms in total. The Morgan fingerprint density at radius 2 is 2.17 bits per heavy atom. The van der Waals surface area contributed by atoms with Gasteiger partial charge in [0.05, 0.1) is 6.61 Å². The van der Waals surface area contributed by atoms with E-state index in [9.17, 15) is 4.79 Å². The second kappa shape index (κ2) is 7.79. The molecule has 0 saturated heterocycles. The molecule has 1 aromatic heterocycles. The van der Waals surface area contributed by atoms with Crippen LogP contribution in [0.5, 0.6) is 0 Å². The summed E-state index contributed by atoms with van der Waals surface area (Å²) in [5.41, 5.74) is 0. The maximum absolute atomic E-state index is 11.6. The predicted octanol–water partition coefficient (Wildman–Crippen LogP) is 2.07. The van der Waals surface area contributed by atoms with Crippen molar-refractivity contribution in [3.63, 3.8) is 0 Å². The Hall–Kier alpha value is -1.46. The summed E-state index contributed by atoms with van der Waals surface area (Å²) in [4.78, 5) is 11.6. The molecule has 0 N–H and O–H groups in total. The number of tetrazole rings is 1. The van der Waals surface area contributed by atoms with Gasteiger partial charge in [-0.15, -0.1) is 5.10 Å². The lowest BCUT2D eigenvalue weighted by Crippen LogP contribution is -2.18. The summed E-state index contributed by atoms with van der Waals surface area (Å²) in [6.07, 6.45) is 4.56. The van der Waals surface area contributed by atoms with Crippen molar-refractivity contribution in [2.24, 2.45) is 5.92 Å². The third-order valence-electron chi connectivity index (χ3n) is 2.96. The van der Waals surface area contributed by atoms with E-state index in [1.807, 2.05) is 0 Å². The molecule has 1 aromatic rings. The number of hydrogen-bond donors (Lipinski definition) is 0. The molecule has 0 radical (unpaired) electrons. The Morgan fingerprint density at radius 3 is 2.78 bits per heavy atom. The lowest BCUT2D eigenvalue weighted by atomic mass is 9.99. The van der Waals surface area contributed by atoms with Crippen LogP contribution in [0.15, 0.2) is 0 Å². The van der Waals surface area contributed by atoms with Crippen molar-refractivity contribution in [1.29, 1.82) is 0 Å². The molecule has 102 valence electrons. The van der Waals surface area contributed by atoms with Crippen molar-refractivity contribution < 1.29 is 9.53 Å². The molecule has 6 heteroatoms. The zero-order valence-electron chi connectivity index (χ0n) is 11.4. The molecule has 1 unspecified atom stereocenters.